The van der Waals surface area contributed by atoms with Crippen molar-refractivity contribution in [3.63, 3.8) is 0 Å². The van der Waals surface area contributed by atoms with E-state index in [9.17, 15) is 22.8 Å². The topological polar surface area (TPSA) is 80.3 Å². The molecule has 6 nitrogen and oxygen atoms in total. The first kappa shape index (κ1) is 22.8. The number of anilines is 3. The van der Waals surface area contributed by atoms with E-state index >= 15 is 0 Å². The Labute approximate surface area is 182 Å². The van der Waals surface area contributed by atoms with Gasteiger partial charge >= 0.3 is 12.1 Å². The van der Waals surface area contributed by atoms with E-state index in [4.69, 9.17) is 4.74 Å². The SMILES string of the molecule is Cc1cccc(NC(=O)COC(=O)c2cccnc2Nc2cccc(C(F)(F)F)c2)c1C. The van der Waals surface area contributed by atoms with Crippen LogP contribution in [0.4, 0.5) is 30.4 Å². The van der Waals surface area contributed by atoms with Crippen molar-refractivity contribution in [3.05, 3.63) is 83.0 Å². The van der Waals surface area contributed by atoms with Crippen LogP contribution in [0.25, 0.3) is 0 Å². The average Bonchev–Trinajstić information content (AvgIpc) is 2.75. The van der Waals surface area contributed by atoms with Crippen molar-refractivity contribution in [3.8, 4) is 0 Å². The Hall–Kier alpha value is -3.88. The molecular formula is C23H20F3N3O3. The lowest BCUT2D eigenvalue weighted by Crippen LogP contribution is -2.22. The maximum Gasteiger partial charge on any atom is 0.416 e. The second-order valence-corrected chi connectivity index (χ2v) is 6.97. The van der Waals surface area contributed by atoms with Crippen LogP contribution in [0, 0.1) is 13.8 Å². The lowest BCUT2D eigenvalue weighted by molar-refractivity contribution is -0.137. The van der Waals surface area contributed by atoms with Crippen molar-refractivity contribution in [1.29, 1.82) is 0 Å². The number of carbonyl (C=O) groups excluding carboxylic acids is 2. The van der Waals surface area contributed by atoms with Crippen LogP contribution in [0.2, 0.25) is 0 Å². The zero-order valence-corrected chi connectivity index (χ0v) is 17.3. The Kier molecular flexibility index (Phi) is 6.77. The molecular weight excluding hydrogens is 423 g/mol. The number of aryl methyl sites for hydroxylation is 1. The van der Waals surface area contributed by atoms with E-state index in [-0.39, 0.29) is 17.1 Å². The Bertz CT molecular complexity index is 1150. The molecule has 166 valence electrons. The Morgan fingerprint density at radius 3 is 2.53 bits per heavy atom. The minimum Gasteiger partial charge on any atom is -0.452 e. The molecule has 0 fully saturated rings. The van der Waals surface area contributed by atoms with Gasteiger partial charge in [-0.15, -0.1) is 0 Å². The molecule has 3 rings (SSSR count). The highest BCUT2D eigenvalue weighted by Crippen LogP contribution is 2.31. The smallest absolute Gasteiger partial charge is 0.416 e. The number of ether oxygens (including phenoxy) is 1. The van der Waals surface area contributed by atoms with Gasteiger partial charge in [0.25, 0.3) is 5.91 Å². The molecule has 2 N–H and O–H groups in total. The van der Waals surface area contributed by atoms with Crippen LogP contribution >= 0.6 is 0 Å². The number of hydrogen-bond acceptors (Lipinski definition) is 5. The van der Waals surface area contributed by atoms with Gasteiger partial charge in [0.2, 0.25) is 0 Å². The van der Waals surface area contributed by atoms with E-state index in [1.165, 1.54) is 30.5 Å². The van der Waals surface area contributed by atoms with Gasteiger partial charge < -0.3 is 15.4 Å². The summed E-state index contributed by atoms with van der Waals surface area (Å²) in [6, 6.07) is 12.8. The average molecular weight is 443 g/mol. The van der Waals surface area contributed by atoms with E-state index < -0.39 is 30.2 Å². The molecule has 1 heterocycles. The summed E-state index contributed by atoms with van der Waals surface area (Å²) in [5.41, 5.74) is 1.74. The third-order valence-corrected chi connectivity index (χ3v) is 4.69. The van der Waals surface area contributed by atoms with Gasteiger partial charge in [-0.1, -0.05) is 18.2 Å². The van der Waals surface area contributed by atoms with E-state index in [0.29, 0.717) is 5.69 Å². The summed E-state index contributed by atoms with van der Waals surface area (Å²) in [6.07, 6.45) is -3.13. The van der Waals surface area contributed by atoms with Gasteiger partial charge in [0.1, 0.15) is 11.4 Å². The maximum atomic E-state index is 12.9. The fraction of sp³-hybridized carbons (Fsp3) is 0.174. The normalized spacial score (nSPS) is 11.0. The quantitative estimate of drug-likeness (QED) is 0.508. The fourth-order valence-electron chi connectivity index (χ4n) is 2.86. The van der Waals surface area contributed by atoms with E-state index in [1.54, 1.807) is 12.1 Å². The number of carbonyl (C=O) groups is 2. The summed E-state index contributed by atoms with van der Waals surface area (Å²) < 4.78 is 43.9. The fourth-order valence-corrected chi connectivity index (χ4v) is 2.86. The van der Waals surface area contributed by atoms with E-state index in [2.05, 4.69) is 15.6 Å². The summed E-state index contributed by atoms with van der Waals surface area (Å²) in [7, 11) is 0. The van der Waals surface area contributed by atoms with Gasteiger partial charge in [-0.05, 0) is 61.4 Å². The molecule has 3 aromatic rings. The molecule has 0 aliphatic carbocycles. The largest absolute Gasteiger partial charge is 0.452 e. The number of aromatic nitrogens is 1. The molecule has 0 spiro atoms. The number of amides is 1. The number of hydrogen-bond donors (Lipinski definition) is 2. The number of halogens is 3. The van der Waals surface area contributed by atoms with Crippen LogP contribution in [-0.4, -0.2) is 23.5 Å². The number of alkyl halides is 3. The van der Waals surface area contributed by atoms with Crippen molar-refractivity contribution in [2.45, 2.75) is 20.0 Å². The minimum atomic E-state index is -4.51. The summed E-state index contributed by atoms with van der Waals surface area (Å²) in [4.78, 5) is 28.7. The van der Waals surface area contributed by atoms with Crippen LogP contribution in [0.5, 0.6) is 0 Å². The molecule has 0 bridgehead atoms. The number of nitrogens with one attached hydrogen (secondary N) is 2. The molecule has 0 saturated heterocycles. The molecule has 1 amide bonds. The zero-order valence-electron chi connectivity index (χ0n) is 17.3. The predicted octanol–water partition coefficient (Wildman–Crippen LogP) is 5.26. The molecule has 0 atom stereocenters. The third-order valence-electron chi connectivity index (χ3n) is 4.69. The first-order valence-corrected chi connectivity index (χ1v) is 9.57. The molecule has 32 heavy (non-hydrogen) atoms. The number of benzene rings is 2. The minimum absolute atomic E-state index is 0.00626. The predicted molar refractivity (Wildman–Crippen MR) is 114 cm³/mol. The van der Waals surface area contributed by atoms with E-state index in [1.807, 2.05) is 19.9 Å². The number of esters is 1. The van der Waals surface area contributed by atoms with Crippen LogP contribution in [0.15, 0.2) is 60.8 Å². The molecule has 0 radical (unpaired) electrons. The van der Waals surface area contributed by atoms with E-state index in [0.717, 1.165) is 23.3 Å². The maximum absolute atomic E-state index is 12.9. The summed E-state index contributed by atoms with van der Waals surface area (Å²) in [5, 5.41) is 5.37. The highest BCUT2D eigenvalue weighted by molar-refractivity contribution is 5.98. The molecule has 0 unspecified atom stereocenters. The Balaban J connectivity index is 1.68. The first-order valence-electron chi connectivity index (χ1n) is 9.57. The summed E-state index contributed by atoms with van der Waals surface area (Å²) in [6.45, 7) is 3.23. The monoisotopic (exact) mass is 443 g/mol. The first-order chi connectivity index (χ1) is 15.1. The van der Waals surface area contributed by atoms with Crippen LogP contribution < -0.4 is 10.6 Å². The van der Waals surface area contributed by atoms with Gasteiger partial charge in [-0.3, -0.25) is 4.79 Å². The Morgan fingerprint density at radius 2 is 1.78 bits per heavy atom. The second kappa shape index (κ2) is 9.51. The highest BCUT2D eigenvalue weighted by atomic mass is 19.4. The van der Waals surface area contributed by atoms with Gasteiger partial charge in [-0.25, -0.2) is 9.78 Å². The van der Waals surface area contributed by atoms with Crippen molar-refractivity contribution in [2.24, 2.45) is 0 Å². The van der Waals surface area contributed by atoms with Gasteiger partial charge in [0.15, 0.2) is 6.61 Å². The lowest BCUT2D eigenvalue weighted by atomic mass is 10.1. The molecule has 9 heteroatoms. The van der Waals surface area contributed by atoms with Crippen LogP contribution in [0.3, 0.4) is 0 Å². The standard InChI is InChI=1S/C23H20F3N3O3/c1-14-6-3-10-19(15(14)2)29-20(30)13-32-22(31)18-9-5-11-27-21(18)28-17-8-4-7-16(12-17)23(24,25)26/h3-12H,13H2,1-2H3,(H,27,28)(H,29,30). The van der Waals surface area contributed by atoms with Crippen molar-refractivity contribution in [1.82, 2.24) is 4.98 Å². The van der Waals surface area contributed by atoms with Gasteiger partial charge in [0, 0.05) is 17.6 Å². The molecule has 2 aromatic carbocycles. The van der Waals surface area contributed by atoms with Gasteiger partial charge in [0.05, 0.1) is 5.56 Å². The van der Waals surface area contributed by atoms with Crippen LogP contribution in [0.1, 0.15) is 27.0 Å². The summed E-state index contributed by atoms with van der Waals surface area (Å²) in [5.74, 6) is -1.36. The van der Waals surface area contributed by atoms with Crippen molar-refractivity contribution < 1.29 is 27.5 Å². The summed E-state index contributed by atoms with van der Waals surface area (Å²) >= 11 is 0. The number of nitrogens with zero attached hydrogens (tertiary/aromatic N) is 1. The van der Waals surface area contributed by atoms with Crippen molar-refractivity contribution in [2.75, 3.05) is 17.2 Å². The zero-order chi connectivity index (χ0) is 23.3. The molecule has 0 saturated carbocycles. The second-order valence-electron chi connectivity index (χ2n) is 6.97. The molecule has 0 aliphatic heterocycles. The molecule has 1 aromatic heterocycles. The Morgan fingerprint density at radius 1 is 1.03 bits per heavy atom. The number of rotatable bonds is 6. The lowest BCUT2D eigenvalue weighted by Gasteiger charge is -2.13. The highest BCUT2D eigenvalue weighted by Gasteiger charge is 2.30. The third kappa shape index (κ3) is 5.63. The van der Waals surface area contributed by atoms with Crippen molar-refractivity contribution >= 4 is 29.1 Å². The van der Waals surface area contributed by atoms with Crippen LogP contribution in [-0.2, 0) is 15.7 Å². The van der Waals surface area contributed by atoms with Gasteiger partial charge in [-0.2, -0.15) is 13.2 Å². The number of pyridine rings is 1. The molecule has 0 aliphatic rings.